The van der Waals surface area contributed by atoms with Crippen LogP contribution in [-0.4, -0.2) is 28.8 Å². The van der Waals surface area contributed by atoms with Crippen molar-refractivity contribution in [2.24, 2.45) is 0 Å². The monoisotopic (exact) mass is 540 g/mol. The number of carbonyl (C=O) groups excluding carboxylic acids is 2. The van der Waals surface area contributed by atoms with Gasteiger partial charge in [0.05, 0.1) is 6.42 Å². The van der Waals surface area contributed by atoms with E-state index in [1.165, 1.54) is 18.6 Å². The molecule has 194 valence electrons. The van der Waals surface area contributed by atoms with Gasteiger partial charge in [-0.15, -0.1) is 0 Å². The van der Waals surface area contributed by atoms with Gasteiger partial charge in [-0.05, 0) is 53.8 Å². The van der Waals surface area contributed by atoms with Gasteiger partial charge in [0.1, 0.15) is 11.9 Å². The van der Waals surface area contributed by atoms with Crippen LogP contribution in [0.2, 0.25) is 10.0 Å². The third kappa shape index (κ3) is 7.56. The molecule has 1 atom stereocenters. The van der Waals surface area contributed by atoms with Crippen molar-refractivity contribution in [3.63, 3.8) is 0 Å². The summed E-state index contributed by atoms with van der Waals surface area (Å²) >= 11 is 12.8. The van der Waals surface area contributed by atoms with Gasteiger partial charge in [0, 0.05) is 29.1 Å². The number of amides is 2. The third-order valence-corrected chi connectivity index (χ3v) is 7.59. The highest BCUT2D eigenvalue weighted by atomic mass is 35.5. The molecule has 4 rings (SSSR count). The van der Waals surface area contributed by atoms with E-state index in [0.717, 1.165) is 36.8 Å². The Bertz CT molecular complexity index is 1180. The predicted octanol–water partition coefficient (Wildman–Crippen LogP) is 6.76. The van der Waals surface area contributed by atoms with Crippen molar-refractivity contribution in [3.8, 4) is 0 Å². The predicted molar refractivity (Wildman–Crippen MR) is 146 cm³/mol. The lowest BCUT2D eigenvalue weighted by atomic mass is 9.94. The summed E-state index contributed by atoms with van der Waals surface area (Å²) in [7, 11) is 0. The second-order valence-electron chi connectivity index (χ2n) is 9.57. The molecule has 0 heterocycles. The maximum Gasteiger partial charge on any atom is 0.243 e. The molecule has 37 heavy (non-hydrogen) atoms. The number of carbonyl (C=O) groups is 2. The lowest BCUT2D eigenvalue weighted by Gasteiger charge is -2.33. The molecule has 4 nitrogen and oxygen atoms in total. The molecule has 2 amide bonds. The highest BCUT2D eigenvalue weighted by Crippen LogP contribution is 2.27. The van der Waals surface area contributed by atoms with E-state index in [1.54, 1.807) is 35.2 Å². The lowest BCUT2D eigenvalue weighted by Crippen LogP contribution is -2.53. The number of benzene rings is 3. The fourth-order valence-electron chi connectivity index (χ4n) is 4.84. The van der Waals surface area contributed by atoms with Gasteiger partial charge in [0.15, 0.2) is 0 Å². The topological polar surface area (TPSA) is 49.4 Å². The molecule has 1 fully saturated rings. The van der Waals surface area contributed by atoms with Gasteiger partial charge >= 0.3 is 0 Å². The molecule has 3 aromatic rings. The van der Waals surface area contributed by atoms with Gasteiger partial charge in [0.2, 0.25) is 11.8 Å². The van der Waals surface area contributed by atoms with E-state index in [2.05, 4.69) is 5.32 Å². The Morgan fingerprint density at radius 3 is 2.16 bits per heavy atom. The van der Waals surface area contributed by atoms with Crippen LogP contribution in [-0.2, 0) is 29.0 Å². The summed E-state index contributed by atoms with van der Waals surface area (Å²) in [6, 6.07) is 20.1. The molecule has 1 saturated carbocycles. The molecule has 3 aromatic carbocycles. The Morgan fingerprint density at radius 1 is 0.865 bits per heavy atom. The second kappa shape index (κ2) is 13.1. The van der Waals surface area contributed by atoms with Crippen molar-refractivity contribution >= 4 is 35.0 Å². The van der Waals surface area contributed by atoms with Crippen LogP contribution in [0.25, 0.3) is 0 Å². The van der Waals surface area contributed by atoms with Crippen molar-refractivity contribution in [3.05, 3.63) is 105 Å². The maximum atomic E-state index is 13.9. The molecule has 1 unspecified atom stereocenters. The first-order chi connectivity index (χ1) is 17.9. The molecule has 0 aliphatic heterocycles. The Hall–Kier alpha value is -2.89. The van der Waals surface area contributed by atoms with E-state index in [0.29, 0.717) is 22.0 Å². The molecular weight excluding hydrogens is 510 g/mol. The first-order valence-electron chi connectivity index (χ1n) is 12.7. The summed E-state index contributed by atoms with van der Waals surface area (Å²) in [6.45, 7) is 0.150. The van der Waals surface area contributed by atoms with Crippen LogP contribution in [0.3, 0.4) is 0 Å². The lowest BCUT2D eigenvalue weighted by molar-refractivity contribution is -0.141. The standard InChI is InChI=1S/C30H31Cl2FN2O2/c31-26-12-7-13-27(32)25(26)19-29(36)35(20-22-14-16-23(33)17-15-22)28(18-21-8-3-1-4-9-21)30(37)34-24-10-5-2-6-11-24/h1,3-4,7-9,12-17,24,28H,2,5-6,10-11,18-20H2,(H,34,37). The zero-order valence-electron chi connectivity index (χ0n) is 20.6. The Morgan fingerprint density at radius 2 is 1.51 bits per heavy atom. The van der Waals surface area contributed by atoms with Crippen LogP contribution in [0.5, 0.6) is 0 Å². The van der Waals surface area contributed by atoms with Crippen LogP contribution in [0, 0.1) is 5.82 Å². The summed E-state index contributed by atoms with van der Waals surface area (Å²) in [5.41, 5.74) is 2.19. The number of nitrogens with one attached hydrogen (secondary N) is 1. The highest BCUT2D eigenvalue weighted by Gasteiger charge is 2.32. The maximum absolute atomic E-state index is 13.9. The molecule has 0 spiro atoms. The molecule has 7 heteroatoms. The minimum atomic E-state index is -0.761. The Labute approximate surface area is 227 Å². The summed E-state index contributed by atoms with van der Waals surface area (Å²) < 4.78 is 13.6. The van der Waals surface area contributed by atoms with Crippen LogP contribution in [0.1, 0.15) is 48.8 Å². The van der Waals surface area contributed by atoms with Crippen LogP contribution in [0.4, 0.5) is 4.39 Å². The normalized spacial score (nSPS) is 14.7. The highest BCUT2D eigenvalue weighted by molar-refractivity contribution is 6.36. The molecule has 0 aromatic heterocycles. The zero-order valence-corrected chi connectivity index (χ0v) is 22.1. The van der Waals surface area contributed by atoms with Gasteiger partial charge in [-0.2, -0.15) is 0 Å². The van der Waals surface area contributed by atoms with Crippen molar-refractivity contribution < 1.29 is 14.0 Å². The van der Waals surface area contributed by atoms with E-state index in [1.807, 2.05) is 30.3 Å². The summed E-state index contributed by atoms with van der Waals surface area (Å²) in [4.78, 5) is 29.2. The van der Waals surface area contributed by atoms with Gasteiger partial charge in [0.25, 0.3) is 0 Å². The fraction of sp³-hybridized carbons (Fsp3) is 0.333. The Balaban J connectivity index is 1.68. The summed E-state index contributed by atoms with van der Waals surface area (Å²) in [6.07, 6.45) is 5.50. The first kappa shape index (κ1) is 27.2. The molecule has 1 N–H and O–H groups in total. The van der Waals surface area contributed by atoms with Crippen LogP contribution >= 0.6 is 23.2 Å². The molecule has 0 bridgehead atoms. The third-order valence-electron chi connectivity index (χ3n) is 6.88. The summed E-state index contributed by atoms with van der Waals surface area (Å²) in [5, 5.41) is 4.01. The van der Waals surface area contributed by atoms with Crippen LogP contribution < -0.4 is 5.32 Å². The number of hydrogen-bond donors (Lipinski definition) is 1. The average molecular weight is 541 g/mol. The number of rotatable bonds is 9. The van der Waals surface area contributed by atoms with E-state index >= 15 is 0 Å². The smallest absolute Gasteiger partial charge is 0.243 e. The molecule has 1 aliphatic rings. The average Bonchev–Trinajstić information content (AvgIpc) is 2.90. The second-order valence-corrected chi connectivity index (χ2v) is 10.4. The van der Waals surface area contributed by atoms with Crippen molar-refractivity contribution in [2.75, 3.05) is 0 Å². The number of nitrogens with zero attached hydrogens (tertiary/aromatic N) is 1. The fourth-order valence-corrected chi connectivity index (χ4v) is 5.37. The van der Waals surface area contributed by atoms with E-state index in [-0.39, 0.29) is 36.6 Å². The van der Waals surface area contributed by atoms with E-state index < -0.39 is 6.04 Å². The van der Waals surface area contributed by atoms with Gasteiger partial charge < -0.3 is 10.2 Å². The minimum absolute atomic E-state index is 0.0539. The van der Waals surface area contributed by atoms with Crippen LogP contribution in [0.15, 0.2) is 72.8 Å². The molecule has 1 aliphatic carbocycles. The molecule has 0 saturated heterocycles. The van der Waals surface area contributed by atoms with Gasteiger partial charge in [-0.1, -0.05) is 91.0 Å². The van der Waals surface area contributed by atoms with Gasteiger partial charge in [-0.25, -0.2) is 4.39 Å². The minimum Gasteiger partial charge on any atom is -0.352 e. The Kier molecular flexibility index (Phi) is 9.59. The van der Waals surface area contributed by atoms with E-state index in [9.17, 15) is 14.0 Å². The van der Waals surface area contributed by atoms with E-state index in [4.69, 9.17) is 23.2 Å². The molecular formula is C30H31Cl2FN2O2. The quantitative estimate of drug-likeness (QED) is 0.325. The first-order valence-corrected chi connectivity index (χ1v) is 13.5. The summed E-state index contributed by atoms with van der Waals surface area (Å²) in [5.74, 6) is -0.823. The SMILES string of the molecule is O=C(NC1CCCCC1)C(Cc1ccccc1)N(Cc1ccc(F)cc1)C(=O)Cc1c(Cl)cccc1Cl. The van der Waals surface area contributed by atoms with Crippen molar-refractivity contribution in [2.45, 2.75) is 63.6 Å². The molecule has 0 radical (unpaired) electrons. The number of halogens is 3. The van der Waals surface area contributed by atoms with Crippen molar-refractivity contribution in [1.82, 2.24) is 10.2 Å². The largest absolute Gasteiger partial charge is 0.352 e. The number of hydrogen-bond acceptors (Lipinski definition) is 2. The van der Waals surface area contributed by atoms with Crippen molar-refractivity contribution in [1.29, 1.82) is 0 Å². The van der Waals surface area contributed by atoms with Gasteiger partial charge in [-0.3, -0.25) is 9.59 Å². The zero-order chi connectivity index (χ0) is 26.2.